The highest BCUT2D eigenvalue weighted by Crippen LogP contribution is 2.60. The van der Waals surface area contributed by atoms with Crippen LogP contribution >= 0.6 is 0 Å². The fraction of sp³-hybridized carbons (Fsp3) is 0.643. The van der Waals surface area contributed by atoms with E-state index in [2.05, 4.69) is 33.8 Å². The van der Waals surface area contributed by atoms with Crippen molar-refractivity contribution in [1.82, 2.24) is 26.2 Å². The molecule has 12 nitrogen and oxygen atoms in total. The summed E-state index contributed by atoms with van der Waals surface area (Å²) in [5.41, 5.74) is 0.781. The van der Waals surface area contributed by atoms with Gasteiger partial charge in [0.1, 0.15) is 12.1 Å². The standard InChI is InChI=1S/C42H61N5O7S/c1-10-12-20-31(35(48)37(50)43-23-11-2)44-36(49)34(32-27(3)41(32,7)8)47(9)38(51)33(30-24-28-18-14-15-19-29(28)25-30)45-39(52)46-42(21-16-13-17-22-42)26-55(53,54)40(4,5)6/h1,11,14-15,18-19,27,30-34H,2,12-13,16-17,20-26H2,3-9H3,(H,43,50)(H,44,49)(H2,45,46,52)/t27?,31?,32?,33-,34-/m0/s1. The fourth-order valence-corrected chi connectivity index (χ4v) is 9.98. The summed E-state index contributed by atoms with van der Waals surface area (Å²) in [6.07, 6.45) is 11.5. The Morgan fingerprint density at radius 3 is 2.13 bits per heavy atom. The lowest BCUT2D eigenvalue weighted by Gasteiger charge is -2.40. The number of carbonyl (C=O) groups is 5. The molecule has 0 heterocycles. The average Bonchev–Trinajstić information content (AvgIpc) is 3.39. The lowest BCUT2D eigenvalue weighted by Crippen LogP contribution is -2.63. The number of terminal acetylenes is 1. The number of rotatable bonds is 16. The van der Waals surface area contributed by atoms with Gasteiger partial charge in [0.15, 0.2) is 9.84 Å². The van der Waals surface area contributed by atoms with Crippen molar-refractivity contribution < 1.29 is 32.4 Å². The number of nitrogens with one attached hydrogen (secondary N) is 4. The number of benzene rings is 1. The maximum Gasteiger partial charge on any atom is 0.315 e. The zero-order chi connectivity index (χ0) is 40.9. The molecule has 2 fully saturated rings. The molecule has 4 rings (SSSR count). The molecule has 2 saturated carbocycles. The molecule has 55 heavy (non-hydrogen) atoms. The van der Waals surface area contributed by atoms with Crippen LogP contribution in [-0.2, 0) is 41.9 Å². The smallest absolute Gasteiger partial charge is 0.315 e. The number of nitrogens with zero attached hydrogens (tertiary/aromatic N) is 1. The van der Waals surface area contributed by atoms with Crippen molar-refractivity contribution in [1.29, 1.82) is 0 Å². The molecular formula is C42H61N5O7S. The normalized spacial score (nSPS) is 21.7. The number of likely N-dealkylation sites (N-methyl/N-ethyl adjacent to an activating group) is 1. The highest BCUT2D eigenvalue weighted by molar-refractivity contribution is 7.92. The van der Waals surface area contributed by atoms with Gasteiger partial charge in [-0.3, -0.25) is 19.2 Å². The molecule has 5 amide bonds. The molecule has 1 aromatic rings. The van der Waals surface area contributed by atoms with E-state index in [0.29, 0.717) is 25.7 Å². The molecule has 0 saturated heterocycles. The van der Waals surface area contributed by atoms with Gasteiger partial charge in [0, 0.05) is 20.0 Å². The number of hydrogen-bond donors (Lipinski definition) is 4. The summed E-state index contributed by atoms with van der Waals surface area (Å²) in [5.74, 6) is -1.22. The lowest BCUT2D eigenvalue weighted by molar-refractivity contribution is -0.144. The monoisotopic (exact) mass is 779 g/mol. The first-order valence-corrected chi connectivity index (χ1v) is 21.2. The van der Waals surface area contributed by atoms with Crippen molar-refractivity contribution in [2.24, 2.45) is 23.2 Å². The van der Waals surface area contributed by atoms with Gasteiger partial charge in [-0.1, -0.05) is 70.4 Å². The number of amides is 5. The van der Waals surface area contributed by atoms with Gasteiger partial charge in [-0.05, 0) is 87.2 Å². The Kier molecular flexibility index (Phi) is 13.7. The Labute approximate surface area is 327 Å². The first-order valence-electron chi connectivity index (χ1n) is 19.5. The van der Waals surface area contributed by atoms with Gasteiger partial charge in [-0.15, -0.1) is 18.9 Å². The SMILES string of the molecule is C#CCCC(NC(=O)[C@H](C1C(C)C1(C)C)N(C)C(=O)[C@@H](NC(=O)NC1(CS(=O)(=O)C(C)(C)C)CCCCC1)C1Cc2ccccc2C1)C(=O)C(=O)NCC=C. The van der Waals surface area contributed by atoms with E-state index in [0.717, 1.165) is 30.4 Å². The summed E-state index contributed by atoms with van der Waals surface area (Å²) in [6, 6.07) is 3.87. The van der Waals surface area contributed by atoms with Crippen LogP contribution in [0.3, 0.4) is 0 Å². The third-order valence-corrected chi connectivity index (χ3v) is 15.2. The third kappa shape index (κ3) is 9.98. The van der Waals surface area contributed by atoms with E-state index >= 15 is 0 Å². The zero-order valence-corrected chi connectivity index (χ0v) is 34.4. The Morgan fingerprint density at radius 1 is 1.04 bits per heavy atom. The summed E-state index contributed by atoms with van der Waals surface area (Å²) in [7, 11) is -2.07. The quantitative estimate of drug-likeness (QED) is 0.112. The maximum absolute atomic E-state index is 14.9. The van der Waals surface area contributed by atoms with Crippen molar-refractivity contribution in [2.45, 2.75) is 128 Å². The molecular weight excluding hydrogens is 719 g/mol. The van der Waals surface area contributed by atoms with Crippen LogP contribution in [0.1, 0.15) is 97.6 Å². The molecule has 0 radical (unpaired) electrons. The molecule has 13 heteroatoms. The van der Waals surface area contributed by atoms with Crippen molar-refractivity contribution in [3.05, 3.63) is 48.0 Å². The van der Waals surface area contributed by atoms with Gasteiger partial charge >= 0.3 is 6.03 Å². The summed E-state index contributed by atoms with van der Waals surface area (Å²) in [6.45, 7) is 14.6. The van der Waals surface area contributed by atoms with Gasteiger partial charge in [0.25, 0.3) is 5.91 Å². The second-order valence-corrected chi connectivity index (χ2v) is 20.2. The summed E-state index contributed by atoms with van der Waals surface area (Å²) in [4.78, 5) is 70.7. The highest BCUT2D eigenvalue weighted by Gasteiger charge is 2.62. The van der Waals surface area contributed by atoms with Crippen molar-refractivity contribution in [2.75, 3.05) is 19.3 Å². The zero-order valence-electron chi connectivity index (χ0n) is 33.6. The number of sulfone groups is 1. The second kappa shape index (κ2) is 17.3. The van der Waals surface area contributed by atoms with Crippen LogP contribution in [-0.4, -0.2) is 90.6 Å². The Bertz CT molecular complexity index is 1760. The van der Waals surface area contributed by atoms with Crippen LogP contribution in [0.2, 0.25) is 0 Å². The molecule has 3 aliphatic rings. The highest BCUT2D eigenvalue weighted by atomic mass is 32.2. The third-order valence-electron chi connectivity index (χ3n) is 12.4. The van der Waals surface area contributed by atoms with Gasteiger partial charge in [0.2, 0.25) is 17.6 Å². The number of ketones is 1. The number of urea groups is 1. The molecule has 0 aliphatic heterocycles. The number of Topliss-reactive ketones (excluding diaryl/α,β-unsaturated/α-hetero) is 1. The van der Waals surface area contributed by atoms with Crippen LogP contribution < -0.4 is 21.3 Å². The van der Waals surface area contributed by atoms with E-state index in [1.807, 2.05) is 45.0 Å². The van der Waals surface area contributed by atoms with Crippen molar-refractivity contribution in [3.63, 3.8) is 0 Å². The van der Waals surface area contributed by atoms with Gasteiger partial charge < -0.3 is 26.2 Å². The predicted octanol–water partition coefficient (Wildman–Crippen LogP) is 3.87. The summed E-state index contributed by atoms with van der Waals surface area (Å²) in [5, 5.41) is 11.2. The molecule has 1 aromatic carbocycles. The maximum atomic E-state index is 14.9. The van der Waals surface area contributed by atoms with E-state index in [1.165, 1.54) is 18.0 Å². The van der Waals surface area contributed by atoms with Crippen LogP contribution in [0.5, 0.6) is 0 Å². The minimum Gasteiger partial charge on any atom is -0.346 e. The summed E-state index contributed by atoms with van der Waals surface area (Å²) < 4.78 is 25.9. The lowest BCUT2D eigenvalue weighted by atomic mass is 9.83. The predicted molar refractivity (Wildman–Crippen MR) is 213 cm³/mol. The first kappa shape index (κ1) is 43.5. The van der Waals surface area contributed by atoms with Gasteiger partial charge in [0.05, 0.1) is 22.1 Å². The summed E-state index contributed by atoms with van der Waals surface area (Å²) >= 11 is 0. The van der Waals surface area contributed by atoms with Crippen molar-refractivity contribution in [3.8, 4) is 12.3 Å². The minimum atomic E-state index is -3.61. The molecule has 0 spiro atoms. The fourth-order valence-electron chi connectivity index (χ4n) is 8.46. The number of hydrogen-bond acceptors (Lipinski definition) is 7. The Hall–Kier alpha value is -4.18. The second-order valence-electron chi connectivity index (χ2n) is 17.4. The van der Waals surface area contributed by atoms with Gasteiger partial charge in [-0.2, -0.15) is 0 Å². The molecule has 5 atom stereocenters. The number of fused-ring (bicyclic) bond motifs is 1. The van der Waals surface area contributed by atoms with E-state index < -0.39 is 67.8 Å². The molecule has 0 aromatic heterocycles. The van der Waals surface area contributed by atoms with Crippen LogP contribution in [0.25, 0.3) is 0 Å². The van der Waals surface area contributed by atoms with E-state index in [-0.39, 0.29) is 48.3 Å². The van der Waals surface area contributed by atoms with E-state index in [1.54, 1.807) is 20.8 Å². The van der Waals surface area contributed by atoms with Gasteiger partial charge in [-0.25, -0.2) is 13.2 Å². The molecule has 4 N–H and O–H groups in total. The van der Waals surface area contributed by atoms with E-state index in [4.69, 9.17) is 6.42 Å². The minimum absolute atomic E-state index is 0.0218. The largest absolute Gasteiger partial charge is 0.346 e. The molecule has 302 valence electrons. The molecule has 0 bridgehead atoms. The topological polar surface area (TPSA) is 171 Å². The van der Waals surface area contributed by atoms with Crippen LogP contribution in [0.15, 0.2) is 36.9 Å². The van der Waals surface area contributed by atoms with Crippen LogP contribution in [0, 0.1) is 35.5 Å². The first-order chi connectivity index (χ1) is 25.7. The average molecular weight is 780 g/mol. The van der Waals surface area contributed by atoms with E-state index in [9.17, 15) is 32.4 Å². The Balaban J connectivity index is 1.66. The van der Waals surface area contributed by atoms with Crippen LogP contribution in [0.4, 0.5) is 4.79 Å². The molecule has 3 unspecified atom stereocenters. The van der Waals surface area contributed by atoms with Crippen molar-refractivity contribution >= 4 is 39.4 Å². The number of carbonyl (C=O) groups excluding carboxylic acids is 5. The Morgan fingerprint density at radius 2 is 1.62 bits per heavy atom. The molecule has 3 aliphatic carbocycles.